The Bertz CT molecular complexity index is 701. The smallest absolute Gasteiger partial charge is 0.254 e. The van der Waals surface area contributed by atoms with Crippen molar-refractivity contribution in [3.63, 3.8) is 0 Å². The maximum absolute atomic E-state index is 12.1. The van der Waals surface area contributed by atoms with Gasteiger partial charge in [0.05, 0.1) is 5.56 Å². The molecule has 0 atom stereocenters. The van der Waals surface area contributed by atoms with Crippen LogP contribution in [-0.2, 0) is 6.54 Å². The van der Waals surface area contributed by atoms with Crippen molar-refractivity contribution in [2.45, 2.75) is 26.4 Å². The fraction of sp³-hybridized carbons (Fsp3) is 0.312. The Morgan fingerprint density at radius 1 is 1.22 bits per heavy atom. The van der Waals surface area contributed by atoms with E-state index >= 15 is 0 Å². The highest BCUT2D eigenvalue weighted by Crippen LogP contribution is 2.32. The van der Waals surface area contributed by atoms with Crippen LogP contribution in [0.25, 0.3) is 0 Å². The number of hydrogen-bond acceptors (Lipinski definition) is 6. The van der Waals surface area contributed by atoms with Crippen molar-refractivity contribution in [1.29, 1.82) is 0 Å². The van der Waals surface area contributed by atoms with E-state index in [-0.39, 0.29) is 18.7 Å². The van der Waals surface area contributed by atoms with Crippen molar-refractivity contribution >= 4 is 11.9 Å². The molecule has 1 aromatic carbocycles. The Morgan fingerprint density at radius 2 is 1.96 bits per heavy atom. The molecule has 1 amide bonds. The van der Waals surface area contributed by atoms with Crippen LogP contribution in [0.1, 0.15) is 29.8 Å². The predicted molar refractivity (Wildman–Crippen MR) is 84.5 cm³/mol. The molecule has 120 valence electrons. The molecule has 2 aromatic rings. The van der Waals surface area contributed by atoms with Crippen LogP contribution in [0.4, 0.5) is 5.95 Å². The fourth-order valence-electron chi connectivity index (χ4n) is 2.11. The van der Waals surface area contributed by atoms with E-state index in [2.05, 4.69) is 20.6 Å². The third-order valence-electron chi connectivity index (χ3n) is 3.22. The molecule has 2 heterocycles. The average molecular weight is 314 g/mol. The van der Waals surface area contributed by atoms with Crippen molar-refractivity contribution < 1.29 is 14.3 Å². The number of nitrogens with zero attached hydrogens (tertiary/aromatic N) is 2. The molecular weight excluding hydrogens is 296 g/mol. The lowest BCUT2D eigenvalue weighted by Gasteiger charge is -2.09. The van der Waals surface area contributed by atoms with Gasteiger partial charge in [0.25, 0.3) is 5.91 Å². The molecule has 0 bridgehead atoms. The molecule has 0 spiro atoms. The van der Waals surface area contributed by atoms with Crippen LogP contribution in [0.3, 0.4) is 0 Å². The fourth-order valence-corrected chi connectivity index (χ4v) is 2.11. The van der Waals surface area contributed by atoms with E-state index in [0.717, 1.165) is 11.3 Å². The molecule has 0 radical (unpaired) electrons. The van der Waals surface area contributed by atoms with E-state index in [1.54, 1.807) is 0 Å². The van der Waals surface area contributed by atoms with E-state index in [4.69, 9.17) is 9.47 Å². The molecular formula is C16H18N4O3. The highest BCUT2D eigenvalue weighted by Gasteiger charge is 2.14. The number of amides is 1. The topological polar surface area (TPSA) is 85.4 Å². The molecule has 7 nitrogen and oxygen atoms in total. The maximum Gasteiger partial charge on any atom is 0.254 e. The average Bonchev–Trinajstić information content (AvgIpc) is 3.00. The van der Waals surface area contributed by atoms with Crippen molar-refractivity contribution in [3.05, 3.63) is 41.7 Å². The Hall–Kier alpha value is -2.83. The van der Waals surface area contributed by atoms with Gasteiger partial charge < -0.3 is 20.1 Å². The second kappa shape index (κ2) is 6.51. The zero-order valence-corrected chi connectivity index (χ0v) is 13.0. The minimum atomic E-state index is -0.223. The Labute approximate surface area is 134 Å². The van der Waals surface area contributed by atoms with Gasteiger partial charge >= 0.3 is 0 Å². The summed E-state index contributed by atoms with van der Waals surface area (Å²) in [7, 11) is 0. The molecule has 0 saturated carbocycles. The van der Waals surface area contributed by atoms with E-state index in [1.807, 2.05) is 32.0 Å². The van der Waals surface area contributed by atoms with Crippen LogP contribution >= 0.6 is 0 Å². The lowest BCUT2D eigenvalue weighted by Crippen LogP contribution is -2.23. The number of hydrogen-bond donors (Lipinski definition) is 2. The van der Waals surface area contributed by atoms with Crippen molar-refractivity contribution in [1.82, 2.24) is 15.3 Å². The Kier molecular flexibility index (Phi) is 4.27. The van der Waals surface area contributed by atoms with Crippen LogP contribution < -0.4 is 20.1 Å². The molecule has 23 heavy (non-hydrogen) atoms. The van der Waals surface area contributed by atoms with Crippen LogP contribution in [0, 0.1) is 0 Å². The van der Waals surface area contributed by atoms with E-state index in [1.165, 1.54) is 12.4 Å². The first-order valence-electron chi connectivity index (χ1n) is 7.37. The molecule has 1 aliphatic heterocycles. The van der Waals surface area contributed by atoms with Gasteiger partial charge in [-0.05, 0) is 31.5 Å². The minimum Gasteiger partial charge on any atom is -0.454 e. The Morgan fingerprint density at radius 3 is 2.70 bits per heavy atom. The summed E-state index contributed by atoms with van der Waals surface area (Å²) in [6, 6.07) is 5.81. The van der Waals surface area contributed by atoms with Gasteiger partial charge in [-0.2, -0.15) is 0 Å². The van der Waals surface area contributed by atoms with Gasteiger partial charge in [-0.3, -0.25) is 4.79 Å². The first-order valence-corrected chi connectivity index (χ1v) is 7.37. The van der Waals surface area contributed by atoms with Crippen LogP contribution in [0.2, 0.25) is 0 Å². The number of aromatic nitrogens is 2. The summed E-state index contributed by atoms with van der Waals surface area (Å²) in [5.74, 6) is 1.71. The number of carbonyl (C=O) groups excluding carboxylic acids is 1. The zero-order valence-electron chi connectivity index (χ0n) is 13.0. The molecule has 2 N–H and O–H groups in total. The summed E-state index contributed by atoms with van der Waals surface area (Å²) in [4.78, 5) is 20.4. The molecule has 0 fully saturated rings. The number of ether oxygens (including phenoxy) is 2. The molecule has 1 aliphatic rings. The lowest BCUT2D eigenvalue weighted by molar-refractivity contribution is 0.0950. The number of carbonyl (C=O) groups is 1. The van der Waals surface area contributed by atoms with Crippen molar-refractivity contribution in [3.8, 4) is 11.5 Å². The predicted octanol–water partition coefficient (Wildman–Crippen LogP) is 1.96. The highest BCUT2D eigenvalue weighted by atomic mass is 16.7. The monoisotopic (exact) mass is 314 g/mol. The second-order valence-corrected chi connectivity index (χ2v) is 5.46. The van der Waals surface area contributed by atoms with Gasteiger partial charge in [-0.25, -0.2) is 9.97 Å². The van der Waals surface area contributed by atoms with Crippen LogP contribution in [0.5, 0.6) is 11.5 Å². The van der Waals surface area contributed by atoms with Gasteiger partial charge in [-0.15, -0.1) is 0 Å². The summed E-state index contributed by atoms with van der Waals surface area (Å²) in [6.07, 6.45) is 3.01. The molecule has 0 unspecified atom stereocenters. The largest absolute Gasteiger partial charge is 0.454 e. The van der Waals surface area contributed by atoms with Crippen molar-refractivity contribution in [2.75, 3.05) is 12.1 Å². The summed E-state index contributed by atoms with van der Waals surface area (Å²) >= 11 is 0. The Balaban J connectivity index is 1.58. The first kappa shape index (κ1) is 15.1. The lowest BCUT2D eigenvalue weighted by atomic mass is 10.2. The van der Waals surface area contributed by atoms with Crippen LogP contribution in [-0.4, -0.2) is 28.7 Å². The van der Waals surface area contributed by atoms with Gasteiger partial charge in [-0.1, -0.05) is 6.07 Å². The highest BCUT2D eigenvalue weighted by molar-refractivity contribution is 5.93. The van der Waals surface area contributed by atoms with E-state index in [9.17, 15) is 4.79 Å². The van der Waals surface area contributed by atoms with E-state index < -0.39 is 0 Å². The van der Waals surface area contributed by atoms with Gasteiger partial charge in [0.2, 0.25) is 12.7 Å². The molecule has 1 aromatic heterocycles. The van der Waals surface area contributed by atoms with E-state index in [0.29, 0.717) is 23.8 Å². The molecule has 7 heteroatoms. The first-order chi connectivity index (χ1) is 11.1. The molecule has 0 saturated heterocycles. The molecule has 0 aliphatic carbocycles. The number of benzene rings is 1. The summed E-state index contributed by atoms with van der Waals surface area (Å²) < 4.78 is 10.6. The minimum absolute atomic E-state index is 0.223. The van der Waals surface area contributed by atoms with Gasteiger partial charge in [0.15, 0.2) is 11.5 Å². The number of anilines is 1. The maximum atomic E-state index is 12.1. The number of nitrogens with one attached hydrogen (secondary N) is 2. The second-order valence-electron chi connectivity index (χ2n) is 5.46. The van der Waals surface area contributed by atoms with Crippen molar-refractivity contribution in [2.24, 2.45) is 0 Å². The summed E-state index contributed by atoms with van der Waals surface area (Å²) in [5.41, 5.74) is 1.35. The normalized spacial score (nSPS) is 12.3. The standard InChI is InChI=1S/C16H18N4O3/c1-10(2)20-16-18-7-12(8-19-16)15(21)17-6-11-3-4-13-14(5-11)23-9-22-13/h3-5,7-8,10H,6,9H2,1-2H3,(H,17,21)(H,18,19,20). The molecule has 3 rings (SSSR count). The van der Waals surface area contributed by atoms with Crippen LogP contribution in [0.15, 0.2) is 30.6 Å². The quantitative estimate of drug-likeness (QED) is 0.877. The third-order valence-corrected chi connectivity index (χ3v) is 3.22. The number of fused-ring (bicyclic) bond motifs is 1. The SMILES string of the molecule is CC(C)Nc1ncc(C(=O)NCc2ccc3c(c2)OCO3)cn1. The number of rotatable bonds is 5. The summed E-state index contributed by atoms with van der Waals surface area (Å²) in [5, 5.41) is 5.90. The van der Waals surface area contributed by atoms with Gasteiger partial charge in [0, 0.05) is 25.0 Å². The summed E-state index contributed by atoms with van der Waals surface area (Å²) in [6.45, 7) is 4.62. The third kappa shape index (κ3) is 3.68. The zero-order chi connectivity index (χ0) is 16.2. The van der Waals surface area contributed by atoms with Gasteiger partial charge in [0.1, 0.15) is 0 Å².